The van der Waals surface area contributed by atoms with E-state index in [2.05, 4.69) is 67.3 Å². The second-order valence-corrected chi connectivity index (χ2v) is 8.12. The van der Waals surface area contributed by atoms with E-state index >= 15 is 0 Å². The maximum Gasteiger partial charge on any atom is 0.257 e. The number of nitrogens with zero attached hydrogens (tertiary/aromatic N) is 3. The van der Waals surface area contributed by atoms with Gasteiger partial charge in [0, 0.05) is 6.42 Å². The Hall–Kier alpha value is -2.46. The standard InChI is InChI=1S/C24H29N3O/c1-18-9-11-20(12-10-18)23-16-22(21-8-6-7-19(2)15-21)25-27(23)24(28)17-26-13-4-3-5-14-26/h6-12,15,23H,3-5,13-14,16-17H2,1-2H3/t23-/m1/s1. The first-order valence-electron chi connectivity index (χ1n) is 10.4. The summed E-state index contributed by atoms with van der Waals surface area (Å²) in [7, 11) is 0. The topological polar surface area (TPSA) is 35.9 Å². The van der Waals surface area contributed by atoms with Gasteiger partial charge < -0.3 is 0 Å². The molecule has 0 saturated carbocycles. The van der Waals surface area contributed by atoms with Gasteiger partial charge in [0.15, 0.2) is 0 Å². The molecule has 0 unspecified atom stereocenters. The summed E-state index contributed by atoms with van der Waals surface area (Å²) >= 11 is 0. The first-order chi connectivity index (χ1) is 13.6. The van der Waals surface area contributed by atoms with Crippen molar-refractivity contribution >= 4 is 11.6 Å². The van der Waals surface area contributed by atoms with Crippen molar-refractivity contribution in [3.8, 4) is 0 Å². The number of piperidine rings is 1. The number of hydrogen-bond donors (Lipinski definition) is 0. The van der Waals surface area contributed by atoms with Crippen LogP contribution in [-0.4, -0.2) is 41.2 Å². The minimum atomic E-state index is -0.0200. The molecule has 0 aliphatic carbocycles. The van der Waals surface area contributed by atoms with E-state index in [9.17, 15) is 4.79 Å². The third-order valence-electron chi connectivity index (χ3n) is 5.79. The fourth-order valence-corrected chi connectivity index (χ4v) is 4.17. The number of benzene rings is 2. The van der Waals surface area contributed by atoms with Crippen LogP contribution in [0.4, 0.5) is 0 Å². The number of carbonyl (C=O) groups excluding carboxylic acids is 1. The maximum absolute atomic E-state index is 13.2. The van der Waals surface area contributed by atoms with Gasteiger partial charge in [0.25, 0.3) is 5.91 Å². The molecule has 0 bridgehead atoms. The van der Waals surface area contributed by atoms with Crippen molar-refractivity contribution in [2.24, 2.45) is 5.10 Å². The van der Waals surface area contributed by atoms with Crippen LogP contribution in [0, 0.1) is 13.8 Å². The lowest BCUT2D eigenvalue weighted by Gasteiger charge is -2.29. The molecule has 1 fully saturated rings. The van der Waals surface area contributed by atoms with E-state index in [1.807, 2.05) is 0 Å². The molecule has 2 aromatic carbocycles. The van der Waals surface area contributed by atoms with Gasteiger partial charge in [-0.3, -0.25) is 9.69 Å². The first-order valence-corrected chi connectivity index (χ1v) is 10.4. The van der Waals surface area contributed by atoms with Crippen LogP contribution in [0.1, 0.15) is 54.0 Å². The van der Waals surface area contributed by atoms with Gasteiger partial charge in [-0.15, -0.1) is 0 Å². The molecule has 4 nitrogen and oxygen atoms in total. The van der Waals surface area contributed by atoms with Gasteiger partial charge >= 0.3 is 0 Å². The number of amides is 1. The van der Waals surface area contributed by atoms with Gasteiger partial charge in [0.2, 0.25) is 0 Å². The molecule has 1 saturated heterocycles. The van der Waals surface area contributed by atoms with Crippen LogP contribution in [0.5, 0.6) is 0 Å². The number of rotatable bonds is 4. The van der Waals surface area contributed by atoms with Crippen LogP contribution in [-0.2, 0) is 4.79 Å². The van der Waals surface area contributed by atoms with Crippen LogP contribution in [0.3, 0.4) is 0 Å². The van der Waals surface area contributed by atoms with Gasteiger partial charge in [-0.1, -0.05) is 66.1 Å². The van der Waals surface area contributed by atoms with Crippen LogP contribution in [0.15, 0.2) is 53.6 Å². The Labute approximate surface area is 167 Å². The molecule has 0 N–H and O–H groups in total. The highest BCUT2D eigenvalue weighted by Crippen LogP contribution is 2.33. The van der Waals surface area contributed by atoms with Gasteiger partial charge in [-0.25, -0.2) is 5.01 Å². The molecule has 146 valence electrons. The summed E-state index contributed by atoms with van der Waals surface area (Å²) in [5.74, 6) is 0.107. The first kappa shape index (κ1) is 18.9. The quantitative estimate of drug-likeness (QED) is 0.791. The molecule has 2 aromatic rings. The SMILES string of the molecule is Cc1ccc([C@H]2CC(c3cccc(C)c3)=NN2C(=O)CN2CCCCC2)cc1. The maximum atomic E-state index is 13.2. The monoisotopic (exact) mass is 375 g/mol. The third-order valence-corrected chi connectivity index (χ3v) is 5.79. The number of likely N-dealkylation sites (tertiary alicyclic amines) is 1. The lowest BCUT2D eigenvalue weighted by atomic mass is 9.97. The third kappa shape index (κ3) is 4.17. The molecular formula is C24H29N3O. The molecular weight excluding hydrogens is 346 g/mol. The van der Waals surface area contributed by atoms with E-state index in [4.69, 9.17) is 5.10 Å². The number of aryl methyl sites for hydroxylation is 2. The lowest BCUT2D eigenvalue weighted by Crippen LogP contribution is -2.40. The predicted molar refractivity (Wildman–Crippen MR) is 113 cm³/mol. The fourth-order valence-electron chi connectivity index (χ4n) is 4.17. The van der Waals surface area contributed by atoms with E-state index in [1.54, 1.807) is 5.01 Å². The summed E-state index contributed by atoms with van der Waals surface area (Å²) in [6.45, 7) is 6.68. The Morgan fingerprint density at radius 1 is 1.00 bits per heavy atom. The molecule has 2 heterocycles. The molecule has 2 aliphatic heterocycles. The highest BCUT2D eigenvalue weighted by Gasteiger charge is 2.33. The van der Waals surface area contributed by atoms with E-state index in [1.165, 1.54) is 30.4 Å². The van der Waals surface area contributed by atoms with E-state index < -0.39 is 0 Å². The summed E-state index contributed by atoms with van der Waals surface area (Å²) in [6.07, 6.45) is 4.41. The zero-order chi connectivity index (χ0) is 19.5. The van der Waals surface area contributed by atoms with E-state index in [0.29, 0.717) is 6.54 Å². The summed E-state index contributed by atoms with van der Waals surface area (Å²) in [6, 6.07) is 16.9. The smallest absolute Gasteiger partial charge is 0.257 e. The van der Waals surface area contributed by atoms with Crippen LogP contribution >= 0.6 is 0 Å². The van der Waals surface area contributed by atoms with Crippen LogP contribution < -0.4 is 0 Å². The fraction of sp³-hybridized carbons (Fsp3) is 0.417. The summed E-state index contributed by atoms with van der Waals surface area (Å²) < 4.78 is 0. The van der Waals surface area contributed by atoms with Crippen molar-refractivity contribution in [1.82, 2.24) is 9.91 Å². The molecule has 0 radical (unpaired) electrons. The summed E-state index contributed by atoms with van der Waals surface area (Å²) in [5.41, 5.74) is 5.72. The van der Waals surface area contributed by atoms with Crippen molar-refractivity contribution < 1.29 is 4.79 Å². The molecule has 4 rings (SSSR count). The van der Waals surface area contributed by atoms with E-state index in [0.717, 1.165) is 36.3 Å². The zero-order valence-electron chi connectivity index (χ0n) is 16.9. The number of hydrazone groups is 1. The second-order valence-electron chi connectivity index (χ2n) is 8.12. The molecule has 2 aliphatic rings. The van der Waals surface area contributed by atoms with E-state index in [-0.39, 0.29) is 11.9 Å². The molecule has 4 heteroatoms. The van der Waals surface area contributed by atoms with Crippen molar-refractivity contribution in [1.29, 1.82) is 0 Å². The number of hydrogen-bond acceptors (Lipinski definition) is 3. The average molecular weight is 376 g/mol. The molecule has 1 atom stereocenters. The summed E-state index contributed by atoms with van der Waals surface area (Å²) in [4.78, 5) is 15.5. The average Bonchev–Trinajstić information content (AvgIpc) is 3.15. The predicted octanol–water partition coefficient (Wildman–Crippen LogP) is 4.47. The van der Waals surface area contributed by atoms with Gasteiger partial charge in [0.05, 0.1) is 18.3 Å². The van der Waals surface area contributed by atoms with Gasteiger partial charge in [0.1, 0.15) is 0 Å². The highest BCUT2D eigenvalue weighted by molar-refractivity contribution is 6.03. The van der Waals surface area contributed by atoms with Crippen molar-refractivity contribution in [2.75, 3.05) is 19.6 Å². The molecule has 0 spiro atoms. The summed E-state index contributed by atoms with van der Waals surface area (Å²) in [5, 5.41) is 6.57. The minimum Gasteiger partial charge on any atom is -0.294 e. The largest absolute Gasteiger partial charge is 0.294 e. The van der Waals surface area contributed by atoms with Gasteiger partial charge in [-0.2, -0.15) is 5.10 Å². The lowest BCUT2D eigenvalue weighted by molar-refractivity contribution is -0.134. The Balaban J connectivity index is 1.60. The number of carbonyl (C=O) groups is 1. The molecule has 1 amide bonds. The molecule has 0 aromatic heterocycles. The Bertz CT molecular complexity index is 866. The van der Waals surface area contributed by atoms with Crippen molar-refractivity contribution in [2.45, 2.75) is 45.6 Å². The normalized spacial score (nSPS) is 20.3. The highest BCUT2D eigenvalue weighted by atomic mass is 16.2. The Kier molecular flexibility index (Phi) is 5.58. The van der Waals surface area contributed by atoms with Crippen molar-refractivity contribution in [3.05, 3.63) is 70.8 Å². The van der Waals surface area contributed by atoms with Crippen molar-refractivity contribution in [3.63, 3.8) is 0 Å². The Morgan fingerprint density at radius 3 is 2.46 bits per heavy atom. The second kappa shape index (κ2) is 8.27. The molecule has 28 heavy (non-hydrogen) atoms. The minimum absolute atomic E-state index is 0.0200. The Morgan fingerprint density at radius 2 is 1.75 bits per heavy atom. The van der Waals surface area contributed by atoms with Gasteiger partial charge in [-0.05, 0) is 50.9 Å². The van der Waals surface area contributed by atoms with Crippen LogP contribution in [0.2, 0.25) is 0 Å². The van der Waals surface area contributed by atoms with Crippen LogP contribution in [0.25, 0.3) is 0 Å². The zero-order valence-corrected chi connectivity index (χ0v) is 16.9.